The monoisotopic (exact) mass is 368 g/mol. The van der Waals surface area contributed by atoms with E-state index in [2.05, 4.69) is 4.98 Å². The second-order valence-electron chi connectivity index (χ2n) is 8.17. The Balaban J connectivity index is 1.32. The Morgan fingerprint density at radius 1 is 0.926 bits per heavy atom. The standard InChI is InChI=1S/C21H18F2N2O2/c22-16-2-1-13(7-17(16)23)14-8-18(26)25(19(27)9-14)21-10-20(11-21,12-21)15-3-5-24-6-4-15/h1-7,14H,8-12H2. The topological polar surface area (TPSA) is 50.3 Å². The molecule has 2 bridgehead atoms. The lowest BCUT2D eigenvalue weighted by Crippen LogP contribution is -2.78. The summed E-state index contributed by atoms with van der Waals surface area (Å²) in [5, 5.41) is 0. The van der Waals surface area contributed by atoms with E-state index in [9.17, 15) is 18.4 Å². The molecule has 1 aromatic carbocycles. The number of carbonyl (C=O) groups excluding carboxylic acids is 2. The van der Waals surface area contributed by atoms with Gasteiger partial charge in [0.1, 0.15) is 0 Å². The van der Waals surface area contributed by atoms with Gasteiger partial charge in [-0.25, -0.2) is 8.78 Å². The minimum Gasteiger partial charge on any atom is -0.276 e. The van der Waals surface area contributed by atoms with Gasteiger partial charge < -0.3 is 0 Å². The summed E-state index contributed by atoms with van der Waals surface area (Å²) in [7, 11) is 0. The second kappa shape index (κ2) is 5.44. The third-order valence-electron chi connectivity index (χ3n) is 6.53. The van der Waals surface area contributed by atoms with Crippen LogP contribution in [0.25, 0.3) is 0 Å². The van der Waals surface area contributed by atoms with Gasteiger partial charge in [-0.3, -0.25) is 19.5 Å². The minimum absolute atomic E-state index is 0.0699. The molecule has 1 aliphatic heterocycles. The van der Waals surface area contributed by atoms with Crippen LogP contribution in [0.1, 0.15) is 49.1 Å². The van der Waals surface area contributed by atoms with Crippen LogP contribution in [-0.2, 0) is 15.0 Å². The van der Waals surface area contributed by atoms with Crippen molar-refractivity contribution < 1.29 is 18.4 Å². The quantitative estimate of drug-likeness (QED) is 0.780. The fourth-order valence-corrected chi connectivity index (χ4v) is 5.33. The lowest BCUT2D eigenvalue weighted by atomic mass is 9.36. The van der Waals surface area contributed by atoms with Crippen LogP contribution in [0.3, 0.4) is 0 Å². The highest BCUT2D eigenvalue weighted by atomic mass is 19.2. The molecule has 27 heavy (non-hydrogen) atoms. The van der Waals surface area contributed by atoms with E-state index in [1.54, 1.807) is 12.4 Å². The molecule has 1 aromatic heterocycles. The molecule has 4 fully saturated rings. The zero-order chi connectivity index (χ0) is 18.8. The van der Waals surface area contributed by atoms with Crippen LogP contribution in [0.5, 0.6) is 0 Å². The molecule has 3 saturated carbocycles. The van der Waals surface area contributed by atoms with E-state index in [0.29, 0.717) is 5.56 Å². The number of hydrogen-bond donors (Lipinski definition) is 0. The maximum atomic E-state index is 13.5. The smallest absolute Gasteiger partial charge is 0.230 e. The van der Waals surface area contributed by atoms with Gasteiger partial charge in [0, 0.05) is 36.6 Å². The van der Waals surface area contributed by atoms with E-state index in [4.69, 9.17) is 0 Å². The highest BCUT2D eigenvalue weighted by Crippen LogP contribution is 2.70. The summed E-state index contributed by atoms with van der Waals surface area (Å²) in [6.45, 7) is 0. The van der Waals surface area contributed by atoms with Gasteiger partial charge in [-0.2, -0.15) is 0 Å². The van der Waals surface area contributed by atoms with E-state index in [1.807, 2.05) is 12.1 Å². The number of pyridine rings is 1. The molecule has 0 atom stereocenters. The van der Waals surface area contributed by atoms with Crippen LogP contribution < -0.4 is 0 Å². The number of likely N-dealkylation sites (tertiary alicyclic amines) is 1. The molecule has 6 heteroatoms. The summed E-state index contributed by atoms with van der Waals surface area (Å²) in [5.41, 5.74) is 1.44. The van der Waals surface area contributed by atoms with Crippen molar-refractivity contribution in [2.45, 2.75) is 49.0 Å². The third kappa shape index (κ3) is 2.28. The number of nitrogens with zero attached hydrogens (tertiary/aromatic N) is 2. The van der Waals surface area contributed by atoms with Gasteiger partial charge in [0.2, 0.25) is 11.8 Å². The van der Waals surface area contributed by atoms with Gasteiger partial charge in [-0.1, -0.05) is 6.07 Å². The van der Waals surface area contributed by atoms with Crippen molar-refractivity contribution in [3.8, 4) is 0 Å². The zero-order valence-electron chi connectivity index (χ0n) is 14.6. The molecular weight excluding hydrogens is 350 g/mol. The van der Waals surface area contributed by atoms with Crippen molar-refractivity contribution in [3.05, 3.63) is 65.5 Å². The number of hydrogen-bond acceptors (Lipinski definition) is 3. The highest BCUT2D eigenvalue weighted by molar-refractivity contribution is 6.00. The van der Waals surface area contributed by atoms with E-state index < -0.39 is 17.6 Å². The molecule has 6 rings (SSSR count). The molecular formula is C21H18F2N2O2. The fraction of sp³-hybridized carbons (Fsp3) is 0.381. The maximum absolute atomic E-state index is 13.5. The van der Waals surface area contributed by atoms with Crippen molar-refractivity contribution in [2.24, 2.45) is 0 Å². The Hall–Kier alpha value is -2.63. The van der Waals surface area contributed by atoms with Crippen molar-refractivity contribution >= 4 is 11.8 Å². The van der Waals surface area contributed by atoms with Crippen molar-refractivity contribution in [1.82, 2.24) is 9.88 Å². The number of halogens is 2. The van der Waals surface area contributed by atoms with Gasteiger partial charge in [0.25, 0.3) is 0 Å². The number of imide groups is 1. The molecule has 1 saturated heterocycles. The normalized spacial score (nSPS) is 30.1. The van der Waals surface area contributed by atoms with Gasteiger partial charge >= 0.3 is 0 Å². The first-order chi connectivity index (χ1) is 12.9. The predicted octanol–water partition coefficient (Wildman–Crippen LogP) is 3.47. The molecule has 0 spiro atoms. The summed E-state index contributed by atoms with van der Waals surface area (Å²) in [4.78, 5) is 31.1. The van der Waals surface area contributed by atoms with Crippen LogP contribution in [0, 0.1) is 11.6 Å². The average Bonchev–Trinajstić information content (AvgIpc) is 2.58. The number of piperidine rings is 1. The molecule has 4 aliphatic rings. The van der Waals surface area contributed by atoms with Gasteiger partial charge in [-0.15, -0.1) is 0 Å². The van der Waals surface area contributed by atoms with Crippen LogP contribution in [0.15, 0.2) is 42.7 Å². The molecule has 0 unspecified atom stereocenters. The first kappa shape index (κ1) is 16.5. The van der Waals surface area contributed by atoms with E-state index >= 15 is 0 Å². The summed E-state index contributed by atoms with van der Waals surface area (Å²) in [6, 6.07) is 7.60. The minimum atomic E-state index is -0.950. The van der Waals surface area contributed by atoms with Gasteiger partial charge in [-0.05, 0) is 54.7 Å². The first-order valence-corrected chi connectivity index (χ1v) is 9.14. The van der Waals surface area contributed by atoms with Gasteiger partial charge in [0.05, 0.1) is 5.54 Å². The highest BCUT2D eigenvalue weighted by Gasteiger charge is 2.72. The number of aromatic nitrogens is 1. The SMILES string of the molecule is O=C1CC(c2ccc(F)c(F)c2)CC(=O)N1C12CC(c3ccncc3)(C1)C2. The maximum Gasteiger partial charge on any atom is 0.230 e. The Labute approximate surface area is 155 Å². The Bertz CT molecular complexity index is 922. The Morgan fingerprint density at radius 2 is 1.56 bits per heavy atom. The van der Waals surface area contributed by atoms with E-state index in [-0.39, 0.29) is 35.6 Å². The summed E-state index contributed by atoms with van der Waals surface area (Å²) < 4.78 is 26.7. The molecule has 0 N–H and O–H groups in total. The van der Waals surface area contributed by atoms with E-state index in [1.165, 1.54) is 16.5 Å². The van der Waals surface area contributed by atoms with Crippen LogP contribution in [0.2, 0.25) is 0 Å². The van der Waals surface area contributed by atoms with Crippen LogP contribution >= 0.6 is 0 Å². The number of amides is 2. The number of benzene rings is 1. The van der Waals surface area contributed by atoms with Crippen LogP contribution in [0.4, 0.5) is 8.78 Å². The van der Waals surface area contributed by atoms with Crippen molar-refractivity contribution in [1.29, 1.82) is 0 Å². The molecule has 0 radical (unpaired) electrons. The first-order valence-electron chi connectivity index (χ1n) is 9.14. The number of carbonyl (C=O) groups is 2. The molecule has 2 heterocycles. The summed E-state index contributed by atoms with van der Waals surface area (Å²) in [6.07, 6.45) is 6.26. The van der Waals surface area contributed by atoms with Crippen LogP contribution in [-0.4, -0.2) is 27.2 Å². The molecule has 3 aliphatic carbocycles. The largest absolute Gasteiger partial charge is 0.276 e. The lowest BCUT2D eigenvalue weighted by Gasteiger charge is -2.73. The predicted molar refractivity (Wildman–Crippen MR) is 92.7 cm³/mol. The van der Waals surface area contributed by atoms with E-state index in [0.717, 1.165) is 31.4 Å². The molecule has 138 valence electrons. The average molecular weight is 368 g/mol. The van der Waals surface area contributed by atoms with Crippen molar-refractivity contribution in [3.63, 3.8) is 0 Å². The fourth-order valence-electron chi connectivity index (χ4n) is 5.33. The second-order valence-corrected chi connectivity index (χ2v) is 8.17. The zero-order valence-corrected chi connectivity index (χ0v) is 14.6. The number of rotatable bonds is 3. The molecule has 2 amide bonds. The Morgan fingerprint density at radius 3 is 2.15 bits per heavy atom. The summed E-state index contributed by atoms with van der Waals surface area (Å²) in [5.74, 6) is -2.68. The third-order valence-corrected chi connectivity index (χ3v) is 6.53. The molecule has 4 nitrogen and oxygen atoms in total. The van der Waals surface area contributed by atoms with Gasteiger partial charge in [0.15, 0.2) is 11.6 Å². The molecule has 2 aromatic rings. The lowest BCUT2D eigenvalue weighted by molar-refractivity contribution is -0.195. The summed E-state index contributed by atoms with van der Waals surface area (Å²) >= 11 is 0. The Kier molecular flexibility index (Phi) is 3.33. The van der Waals surface area contributed by atoms with Crippen molar-refractivity contribution in [2.75, 3.05) is 0 Å².